The normalized spacial score (nSPS) is 16.2. The van der Waals surface area contributed by atoms with Gasteiger partial charge in [0, 0.05) is 61.2 Å². The van der Waals surface area contributed by atoms with E-state index in [0.29, 0.717) is 5.69 Å². The third-order valence-electron chi connectivity index (χ3n) is 5.47. The highest BCUT2D eigenvalue weighted by atomic mass is 15.4. The molecule has 0 saturated carbocycles. The van der Waals surface area contributed by atoms with Gasteiger partial charge in [-0.1, -0.05) is 12.1 Å². The van der Waals surface area contributed by atoms with Crippen LogP contribution in [0.15, 0.2) is 60.9 Å². The molecule has 4 heteroatoms. The number of nitrogens with zero attached hydrogens (tertiary/aromatic N) is 4. The van der Waals surface area contributed by atoms with E-state index in [1.807, 2.05) is 12.1 Å². The fourth-order valence-corrected chi connectivity index (χ4v) is 3.77. The van der Waals surface area contributed by atoms with E-state index in [4.69, 9.17) is 6.57 Å². The van der Waals surface area contributed by atoms with Gasteiger partial charge in [-0.05, 0) is 32.0 Å². The summed E-state index contributed by atoms with van der Waals surface area (Å²) in [4.78, 5) is 8.15. The van der Waals surface area contributed by atoms with E-state index < -0.39 is 0 Å². The minimum atomic E-state index is 0.219. The van der Waals surface area contributed by atoms with Gasteiger partial charge in [0.05, 0.1) is 6.57 Å². The standard InChI is InChI=1S/C23H23N4/c1-16-10-11-19-8-6-7-9-21(19)27(16)23-15-20(24-4)14-22(17(23)2)26-13-12-25(5)18(26)3/h6-15,18H,1-3,5H3/q+1/t18-/m1/s1. The number of aromatic nitrogens is 1. The minimum Gasteiger partial charge on any atom is -0.359 e. The smallest absolute Gasteiger partial charge is 0.218 e. The molecule has 1 aromatic heterocycles. The van der Waals surface area contributed by atoms with Gasteiger partial charge in [-0.2, -0.15) is 4.57 Å². The van der Waals surface area contributed by atoms with Crippen molar-refractivity contribution < 1.29 is 4.57 Å². The van der Waals surface area contributed by atoms with Crippen LogP contribution < -0.4 is 9.47 Å². The third-order valence-corrected chi connectivity index (χ3v) is 5.47. The van der Waals surface area contributed by atoms with Crippen molar-refractivity contribution in [3.63, 3.8) is 0 Å². The Bertz CT molecular complexity index is 1110. The van der Waals surface area contributed by atoms with E-state index in [9.17, 15) is 0 Å². The summed E-state index contributed by atoms with van der Waals surface area (Å²) >= 11 is 0. The lowest BCUT2D eigenvalue weighted by Crippen LogP contribution is -2.38. The SMILES string of the molecule is [C-]#[N+]c1cc(N2C=CN(C)[C@H]2C)c(C)c(-[n+]2c(C)ccc3ccccc32)c1. The summed E-state index contributed by atoms with van der Waals surface area (Å²) in [5, 5.41) is 1.19. The molecule has 2 heterocycles. The van der Waals surface area contributed by atoms with Crippen molar-refractivity contribution in [2.24, 2.45) is 0 Å². The van der Waals surface area contributed by atoms with E-state index in [1.54, 1.807) is 0 Å². The summed E-state index contributed by atoms with van der Waals surface area (Å²) in [6.45, 7) is 14.0. The van der Waals surface area contributed by atoms with Crippen molar-refractivity contribution in [3.8, 4) is 5.69 Å². The molecule has 0 N–H and O–H groups in total. The quantitative estimate of drug-likeness (QED) is 0.482. The summed E-state index contributed by atoms with van der Waals surface area (Å²) in [7, 11) is 2.07. The summed E-state index contributed by atoms with van der Waals surface area (Å²) in [5.74, 6) is 0. The molecule has 134 valence electrons. The van der Waals surface area contributed by atoms with Gasteiger partial charge in [0.25, 0.3) is 0 Å². The molecule has 0 aliphatic carbocycles. The largest absolute Gasteiger partial charge is 0.359 e. The second kappa shape index (κ2) is 6.44. The molecule has 1 aliphatic rings. The molecular weight excluding hydrogens is 332 g/mol. The van der Waals surface area contributed by atoms with Crippen LogP contribution in [0.2, 0.25) is 0 Å². The van der Waals surface area contributed by atoms with Gasteiger partial charge in [0.2, 0.25) is 11.2 Å². The first-order chi connectivity index (χ1) is 13.0. The van der Waals surface area contributed by atoms with Crippen molar-refractivity contribution in [3.05, 3.63) is 83.6 Å². The van der Waals surface area contributed by atoms with Gasteiger partial charge in [-0.3, -0.25) is 0 Å². The predicted molar refractivity (Wildman–Crippen MR) is 110 cm³/mol. The van der Waals surface area contributed by atoms with E-state index in [1.165, 1.54) is 10.9 Å². The van der Waals surface area contributed by atoms with Crippen LogP contribution in [-0.2, 0) is 0 Å². The zero-order valence-electron chi connectivity index (χ0n) is 16.1. The zero-order chi connectivity index (χ0) is 19.1. The van der Waals surface area contributed by atoms with E-state index in [-0.39, 0.29) is 6.17 Å². The third kappa shape index (κ3) is 2.72. The van der Waals surface area contributed by atoms with Crippen LogP contribution in [0.5, 0.6) is 0 Å². The zero-order valence-corrected chi connectivity index (χ0v) is 16.1. The average Bonchev–Trinajstić information content (AvgIpc) is 3.01. The van der Waals surface area contributed by atoms with Crippen molar-refractivity contribution in [1.82, 2.24) is 4.90 Å². The summed E-state index contributed by atoms with van der Waals surface area (Å²) in [6, 6.07) is 16.7. The average molecular weight is 355 g/mol. The highest BCUT2D eigenvalue weighted by Crippen LogP contribution is 2.34. The van der Waals surface area contributed by atoms with Crippen LogP contribution >= 0.6 is 0 Å². The van der Waals surface area contributed by atoms with Crippen molar-refractivity contribution in [2.75, 3.05) is 11.9 Å². The topological polar surface area (TPSA) is 14.7 Å². The first-order valence-electron chi connectivity index (χ1n) is 9.13. The second-order valence-electron chi connectivity index (χ2n) is 7.09. The van der Waals surface area contributed by atoms with Crippen molar-refractivity contribution >= 4 is 22.3 Å². The van der Waals surface area contributed by atoms with E-state index in [2.05, 4.69) is 95.8 Å². The van der Waals surface area contributed by atoms with Crippen molar-refractivity contribution in [2.45, 2.75) is 26.9 Å². The summed E-state index contributed by atoms with van der Waals surface area (Å²) < 4.78 is 2.26. The molecule has 4 nitrogen and oxygen atoms in total. The van der Waals surface area contributed by atoms with Gasteiger partial charge >= 0.3 is 0 Å². The van der Waals surface area contributed by atoms with Crippen LogP contribution in [0.25, 0.3) is 21.4 Å². The molecule has 2 aromatic carbocycles. The maximum atomic E-state index is 7.62. The maximum absolute atomic E-state index is 7.62. The molecule has 0 amide bonds. The fourth-order valence-electron chi connectivity index (χ4n) is 3.77. The van der Waals surface area contributed by atoms with Gasteiger partial charge in [0.1, 0.15) is 6.17 Å². The molecule has 4 rings (SSSR count). The van der Waals surface area contributed by atoms with Gasteiger partial charge in [-0.15, -0.1) is 0 Å². The lowest BCUT2D eigenvalue weighted by molar-refractivity contribution is -0.574. The predicted octanol–water partition coefficient (Wildman–Crippen LogP) is 4.85. The second-order valence-corrected chi connectivity index (χ2v) is 7.09. The molecule has 0 unspecified atom stereocenters. The number of pyridine rings is 1. The van der Waals surface area contributed by atoms with Crippen LogP contribution in [-0.4, -0.2) is 18.1 Å². The van der Waals surface area contributed by atoms with Crippen LogP contribution in [0.4, 0.5) is 11.4 Å². The Hall–Kier alpha value is -3.32. The Balaban J connectivity index is 2.01. The fraction of sp³-hybridized carbons (Fsp3) is 0.217. The minimum absolute atomic E-state index is 0.219. The molecule has 27 heavy (non-hydrogen) atoms. The molecule has 0 radical (unpaired) electrons. The maximum Gasteiger partial charge on any atom is 0.218 e. The highest BCUT2D eigenvalue weighted by Gasteiger charge is 2.27. The molecular formula is C23H23N4+. The number of para-hydroxylation sites is 1. The lowest BCUT2D eigenvalue weighted by atomic mass is 10.1. The molecule has 1 atom stereocenters. The summed E-state index contributed by atoms with van der Waals surface area (Å²) in [6.07, 6.45) is 4.38. The monoisotopic (exact) mass is 355 g/mol. The Labute approximate surface area is 160 Å². The highest BCUT2D eigenvalue weighted by molar-refractivity contribution is 5.77. The van der Waals surface area contributed by atoms with Gasteiger partial charge in [-0.25, -0.2) is 4.85 Å². The Kier molecular flexibility index (Phi) is 4.08. The van der Waals surface area contributed by atoms with E-state index in [0.717, 1.165) is 22.6 Å². The number of anilines is 1. The Morgan fingerprint density at radius 2 is 1.81 bits per heavy atom. The van der Waals surface area contributed by atoms with Crippen LogP contribution in [0.3, 0.4) is 0 Å². The molecule has 0 fully saturated rings. The number of benzene rings is 2. The van der Waals surface area contributed by atoms with E-state index >= 15 is 0 Å². The molecule has 3 aromatic rings. The van der Waals surface area contributed by atoms with Crippen LogP contribution in [0.1, 0.15) is 18.2 Å². The number of hydrogen-bond donors (Lipinski definition) is 0. The first kappa shape index (κ1) is 17.1. The number of aryl methyl sites for hydroxylation is 1. The molecule has 1 aliphatic heterocycles. The Morgan fingerprint density at radius 3 is 2.52 bits per heavy atom. The molecule has 0 spiro atoms. The summed E-state index contributed by atoms with van der Waals surface area (Å²) in [5.41, 5.74) is 6.25. The Morgan fingerprint density at radius 1 is 1.04 bits per heavy atom. The van der Waals surface area contributed by atoms with Crippen molar-refractivity contribution in [1.29, 1.82) is 0 Å². The number of fused-ring (bicyclic) bond motifs is 1. The molecule has 0 saturated heterocycles. The first-order valence-corrected chi connectivity index (χ1v) is 9.13. The lowest BCUT2D eigenvalue weighted by Gasteiger charge is -2.28. The van der Waals surface area contributed by atoms with Crippen LogP contribution in [0, 0.1) is 20.4 Å². The van der Waals surface area contributed by atoms with Gasteiger partial charge < -0.3 is 9.80 Å². The number of hydrogen-bond acceptors (Lipinski definition) is 2. The molecule has 0 bridgehead atoms. The number of rotatable bonds is 2. The van der Waals surface area contributed by atoms with Gasteiger partial charge in [0.15, 0.2) is 11.4 Å².